The molecule has 1 N–H and O–H groups in total. The van der Waals surface area contributed by atoms with E-state index in [4.69, 9.17) is 4.42 Å². The van der Waals surface area contributed by atoms with Gasteiger partial charge in [-0.3, -0.25) is 4.90 Å². The van der Waals surface area contributed by atoms with Gasteiger partial charge in [0.2, 0.25) is 0 Å². The van der Waals surface area contributed by atoms with Crippen LogP contribution in [0.4, 0.5) is 0 Å². The third kappa shape index (κ3) is 4.83. The molecule has 0 unspecified atom stereocenters. The van der Waals surface area contributed by atoms with Gasteiger partial charge in [-0.05, 0) is 50.9 Å². The fourth-order valence-electron chi connectivity index (χ4n) is 1.96. The minimum absolute atomic E-state index is 0.743. The first-order valence-corrected chi connectivity index (χ1v) is 7.13. The summed E-state index contributed by atoms with van der Waals surface area (Å²) < 4.78 is 5.84. The molecular weight excluding hydrogens is 224 g/mol. The van der Waals surface area contributed by atoms with Crippen molar-refractivity contribution in [2.24, 2.45) is 5.92 Å². The summed E-state index contributed by atoms with van der Waals surface area (Å²) in [6, 6.07) is 4.95. The predicted molar refractivity (Wildman–Crippen MR) is 74.4 cm³/mol. The van der Waals surface area contributed by atoms with E-state index in [1.807, 2.05) is 0 Å². The van der Waals surface area contributed by atoms with Crippen LogP contribution in [0.3, 0.4) is 0 Å². The number of hydrogen-bond acceptors (Lipinski definition) is 3. The zero-order valence-electron chi connectivity index (χ0n) is 11.9. The van der Waals surface area contributed by atoms with Gasteiger partial charge in [0.05, 0.1) is 13.1 Å². The Balaban J connectivity index is 1.71. The highest BCUT2D eigenvalue weighted by Crippen LogP contribution is 2.20. The van der Waals surface area contributed by atoms with E-state index < -0.39 is 0 Å². The summed E-state index contributed by atoms with van der Waals surface area (Å²) in [5.41, 5.74) is 0. The van der Waals surface area contributed by atoms with E-state index >= 15 is 0 Å². The molecule has 3 heteroatoms. The molecule has 3 nitrogen and oxygen atoms in total. The molecule has 0 amide bonds. The van der Waals surface area contributed by atoms with Crippen LogP contribution in [0.25, 0.3) is 0 Å². The van der Waals surface area contributed by atoms with Crippen molar-refractivity contribution >= 4 is 0 Å². The molecule has 0 atom stereocenters. The Hall–Kier alpha value is -0.800. The van der Waals surface area contributed by atoms with Crippen LogP contribution < -0.4 is 5.32 Å². The quantitative estimate of drug-likeness (QED) is 0.769. The highest BCUT2D eigenvalue weighted by atomic mass is 16.3. The first kappa shape index (κ1) is 13.6. The van der Waals surface area contributed by atoms with Crippen molar-refractivity contribution in [3.63, 3.8) is 0 Å². The zero-order chi connectivity index (χ0) is 13.0. The second-order valence-electron chi connectivity index (χ2n) is 5.94. The monoisotopic (exact) mass is 250 g/mol. The Bertz CT molecular complexity index is 355. The lowest BCUT2D eigenvalue weighted by atomic mass is 10.1. The second kappa shape index (κ2) is 6.39. The number of nitrogens with zero attached hydrogens (tertiary/aromatic N) is 1. The molecule has 1 fully saturated rings. The summed E-state index contributed by atoms with van der Waals surface area (Å²) in [6.07, 6.45) is 3.89. The fraction of sp³-hybridized carbons (Fsp3) is 0.733. The predicted octanol–water partition coefficient (Wildman–Crippen LogP) is 3.01. The van der Waals surface area contributed by atoms with E-state index in [0.717, 1.165) is 43.1 Å². The summed E-state index contributed by atoms with van der Waals surface area (Å²) >= 11 is 0. The number of hydrogen-bond donors (Lipinski definition) is 1. The van der Waals surface area contributed by atoms with E-state index in [2.05, 4.69) is 43.2 Å². The van der Waals surface area contributed by atoms with Crippen LogP contribution in [-0.2, 0) is 13.1 Å². The third-order valence-electron chi connectivity index (χ3n) is 3.37. The lowest BCUT2D eigenvalue weighted by molar-refractivity contribution is 0.273. The average Bonchev–Trinajstić information content (AvgIpc) is 3.05. The molecule has 1 saturated carbocycles. The van der Waals surface area contributed by atoms with Gasteiger partial charge in [-0.25, -0.2) is 0 Å². The Labute approximate surface area is 111 Å². The lowest BCUT2D eigenvalue weighted by Gasteiger charge is -2.16. The minimum atomic E-state index is 0.743. The van der Waals surface area contributed by atoms with Crippen molar-refractivity contribution in [1.29, 1.82) is 0 Å². The molecule has 1 aliphatic carbocycles. The smallest absolute Gasteiger partial charge is 0.118 e. The molecule has 0 aliphatic heterocycles. The first-order valence-electron chi connectivity index (χ1n) is 7.13. The fourth-order valence-corrected chi connectivity index (χ4v) is 1.96. The van der Waals surface area contributed by atoms with E-state index in [-0.39, 0.29) is 0 Å². The molecule has 102 valence electrons. The van der Waals surface area contributed by atoms with Crippen LogP contribution >= 0.6 is 0 Å². The topological polar surface area (TPSA) is 28.4 Å². The summed E-state index contributed by atoms with van der Waals surface area (Å²) in [5, 5.41) is 3.47. The third-order valence-corrected chi connectivity index (χ3v) is 3.37. The molecule has 1 aromatic heterocycles. The summed E-state index contributed by atoms with van der Waals surface area (Å²) in [5.74, 6) is 2.91. The standard InChI is InChI=1S/C15H26N2O/c1-12(2)8-9-17(3)11-15-7-6-14(18-15)10-16-13-4-5-13/h6-7,12-13,16H,4-5,8-11H2,1-3H3. The van der Waals surface area contributed by atoms with Gasteiger partial charge in [0.25, 0.3) is 0 Å². The van der Waals surface area contributed by atoms with Crippen LogP contribution in [0.1, 0.15) is 44.6 Å². The first-order chi connectivity index (χ1) is 8.63. The Kier molecular flexibility index (Phi) is 4.84. The van der Waals surface area contributed by atoms with Crippen LogP contribution in [0.2, 0.25) is 0 Å². The average molecular weight is 250 g/mol. The van der Waals surface area contributed by atoms with Crippen molar-refractivity contribution < 1.29 is 4.42 Å². The molecule has 1 aromatic rings. The summed E-state index contributed by atoms with van der Waals surface area (Å²) in [6.45, 7) is 7.45. The zero-order valence-corrected chi connectivity index (χ0v) is 11.9. The van der Waals surface area contributed by atoms with Crippen LogP contribution in [0.5, 0.6) is 0 Å². The van der Waals surface area contributed by atoms with E-state index in [0.29, 0.717) is 0 Å². The molecule has 0 saturated heterocycles. The molecule has 0 aromatic carbocycles. The minimum Gasteiger partial charge on any atom is -0.463 e. The van der Waals surface area contributed by atoms with Crippen LogP contribution in [0, 0.1) is 5.92 Å². The number of rotatable bonds is 8. The molecule has 2 rings (SSSR count). The lowest BCUT2D eigenvalue weighted by Crippen LogP contribution is -2.20. The van der Waals surface area contributed by atoms with Gasteiger partial charge in [0.1, 0.15) is 11.5 Å². The highest BCUT2D eigenvalue weighted by Gasteiger charge is 2.20. The van der Waals surface area contributed by atoms with Gasteiger partial charge in [0.15, 0.2) is 0 Å². The molecular formula is C15H26N2O. The van der Waals surface area contributed by atoms with Gasteiger partial charge in [-0.2, -0.15) is 0 Å². The van der Waals surface area contributed by atoms with E-state index in [1.54, 1.807) is 0 Å². The molecule has 0 spiro atoms. The van der Waals surface area contributed by atoms with Gasteiger partial charge in [-0.15, -0.1) is 0 Å². The maximum atomic E-state index is 5.84. The molecule has 0 radical (unpaired) electrons. The Morgan fingerprint density at radius 3 is 2.72 bits per heavy atom. The molecule has 1 aliphatic rings. The van der Waals surface area contributed by atoms with Crippen LogP contribution in [0.15, 0.2) is 16.5 Å². The number of furan rings is 1. The van der Waals surface area contributed by atoms with E-state index in [1.165, 1.54) is 19.3 Å². The SMILES string of the molecule is CC(C)CCN(C)Cc1ccc(CNC2CC2)o1. The Morgan fingerprint density at radius 2 is 2.06 bits per heavy atom. The second-order valence-corrected chi connectivity index (χ2v) is 5.94. The molecule has 0 bridgehead atoms. The van der Waals surface area contributed by atoms with Gasteiger partial charge in [0, 0.05) is 6.04 Å². The van der Waals surface area contributed by atoms with Crippen molar-refractivity contribution in [2.45, 2.75) is 52.2 Å². The van der Waals surface area contributed by atoms with Crippen molar-refractivity contribution in [3.05, 3.63) is 23.7 Å². The maximum Gasteiger partial charge on any atom is 0.118 e. The highest BCUT2D eigenvalue weighted by molar-refractivity contribution is 5.07. The summed E-state index contributed by atoms with van der Waals surface area (Å²) in [7, 11) is 2.16. The largest absolute Gasteiger partial charge is 0.463 e. The van der Waals surface area contributed by atoms with Gasteiger partial charge < -0.3 is 9.73 Å². The van der Waals surface area contributed by atoms with Crippen molar-refractivity contribution in [1.82, 2.24) is 10.2 Å². The number of nitrogens with one attached hydrogen (secondary N) is 1. The summed E-state index contributed by atoms with van der Waals surface area (Å²) in [4.78, 5) is 2.33. The van der Waals surface area contributed by atoms with E-state index in [9.17, 15) is 0 Å². The normalized spacial score (nSPS) is 15.8. The Morgan fingerprint density at radius 1 is 1.33 bits per heavy atom. The van der Waals surface area contributed by atoms with Crippen molar-refractivity contribution in [3.8, 4) is 0 Å². The van der Waals surface area contributed by atoms with Crippen molar-refractivity contribution in [2.75, 3.05) is 13.6 Å². The molecule has 18 heavy (non-hydrogen) atoms. The molecule has 1 heterocycles. The van der Waals surface area contributed by atoms with Gasteiger partial charge in [-0.1, -0.05) is 13.8 Å². The maximum absolute atomic E-state index is 5.84. The van der Waals surface area contributed by atoms with Gasteiger partial charge >= 0.3 is 0 Å². The van der Waals surface area contributed by atoms with Crippen LogP contribution in [-0.4, -0.2) is 24.5 Å².